The van der Waals surface area contributed by atoms with E-state index >= 15 is 0 Å². The molecule has 4 rings (SSSR count). The Morgan fingerprint density at radius 2 is 0.793 bits per heavy atom. The van der Waals surface area contributed by atoms with E-state index in [0.29, 0.717) is 0 Å². The molecule has 4 aromatic carbocycles. The number of fused-ring (bicyclic) bond motifs is 2. The molecule has 0 unspecified atom stereocenters. The standard InChI is InChI=1S/2C10H8O3S.Ca/c2*11-14(12,13)10-6-5-8-3-1-2-4-9(8)7-10;/h2*1-7H,(H,11,12,13);/q;;+2/p-2. The SMILES string of the molecule is O=S(=O)([O-])c1ccc2ccccc2c1.O=S(=O)([O-])c1ccc2ccccc2c1.[Ca+2]. The molecular weight excluding hydrogens is 440 g/mol. The third-order valence-electron chi connectivity index (χ3n) is 4.02. The van der Waals surface area contributed by atoms with Gasteiger partial charge in [0.15, 0.2) is 0 Å². The predicted molar refractivity (Wildman–Crippen MR) is 110 cm³/mol. The predicted octanol–water partition coefficient (Wildman–Crippen LogP) is 3.11. The molecule has 0 amide bonds. The molecule has 0 bridgehead atoms. The summed E-state index contributed by atoms with van der Waals surface area (Å²) in [6, 6.07) is 23.2. The summed E-state index contributed by atoms with van der Waals surface area (Å²) in [5.41, 5.74) is 0. The van der Waals surface area contributed by atoms with E-state index < -0.39 is 20.2 Å². The molecule has 0 aromatic heterocycles. The maximum Gasteiger partial charge on any atom is 2.00 e. The number of benzene rings is 4. The molecule has 0 aliphatic heterocycles. The first-order chi connectivity index (χ1) is 13.1. The van der Waals surface area contributed by atoms with Crippen LogP contribution >= 0.6 is 0 Å². The molecule has 0 fully saturated rings. The van der Waals surface area contributed by atoms with Crippen LogP contribution in [0.5, 0.6) is 0 Å². The van der Waals surface area contributed by atoms with Crippen LogP contribution in [0.1, 0.15) is 0 Å². The Labute approximate surface area is 198 Å². The van der Waals surface area contributed by atoms with Gasteiger partial charge in [0.05, 0.1) is 9.79 Å². The molecule has 6 nitrogen and oxygen atoms in total. The average Bonchev–Trinajstić information content (AvgIpc) is 2.66. The van der Waals surface area contributed by atoms with Gasteiger partial charge in [-0.15, -0.1) is 0 Å². The molecule has 4 aromatic rings. The number of rotatable bonds is 2. The van der Waals surface area contributed by atoms with Gasteiger partial charge in [-0.1, -0.05) is 60.7 Å². The van der Waals surface area contributed by atoms with E-state index in [2.05, 4.69) is 0 Å². The van der Waals surface area contributed by atoms with Gasteiger partial charge in [-0.3, -0.25) is 0 Å². The van der Waals surface area contributed by atoms with E-state index in [-0.39, 0.29) is 47.5 Å². The second-order valence-electron chi connectivity index (χ2n) is 5.93. The van der Waals surface area contributed by atoms with Crippen molar-refractivity contribution >= 4 is 79.5 Å². The zero-order chi connectivity index (χ0) is 20.4. The number of hydrogen-bond acceptors (Lipinski definition) is 6. The molecule has 29 heavy (non-hydrogen) atoms. The van der Waals surface area contributed by atoms with Crippen LogP contribution in [0.25, 0.3) is 21.5 Å². The van der Waals surface area contributed by atoms with E-state index in [1.165, 1.54) is 24.3 Å². The Hall–Kier alpha value is -1.52. The van der Waals surface area contributed by atoms with Gasteiger partial charge in [-0.05, 0) is 45.8 Å². The fraction of sp³-hybridized carbons (Fsp3) is 0. The van der Waals surface area contributed by atoms with Crippen molar-refractivity contribution in [2.45, 2.75) is 9.79 Å². The monoisotopic (exact) mass is 454 g/mol. The van der Waals surface area contributed by atoms with Crippen molar-refractivity contribution in [1.82, 2.24) is 0 Å². The smallest absolute Gasteiger partial charge is 0.744 e. The molecule has 0 N–H and O–H groups in total. The van der Waals surface area contributed by atoms with Gasteiger partial charge in [0.1, 0.15) is 20.2 Å². The summed E-state index contributed by atoms with van der Waals surface area (Å²) < 4.78 is 64.3. The second-order valence-corrected chi connectivity index (χ2v) is 8.69. The molecule has 0 heterocycles. The van der Waals surface area contributed by atoms with Crippen molar-refractivity contribution in [3.05, 3.63) is 84.9 Å². The summed E-state index contributed by atoms with van der Waals surface area (Å²) in [4.78, 5) is -0.368. The van der Waals surface area contributed by atoms with Crippen molar-refractivity contribution in [2.24, 2.45) is 0 Å². The van der Waals surface area contributed by atoms with E-state index in [0.717, 1.165) is 21.5 Å². The average molecular weight is 455 g/mol. The normalized spacial score (nSPS) is 11.4. The molecule has 0 aliphatic carbocycles. The van der Waals surface area contributed by atoms with Crippen molar-refractivity contribution in [1.29, 1.82) is 0 Å². The molecule has 0 radical (unpaired) electrons. The van der Waals surface area contributed by atoms with Crippen LogP contribution in [0.15, 0.2) is 94.7 Å². The summed E-state index contributed by atoms with van der Waals surface area (Å²) in [5, 5.41) is 3.34. The summed E-state index contributed by atoms with van der Waals surface area (Å²) >= 11 is 0. The molecule has 0 spiro atoms. The van der Waals surface area contributed by atoms with Crippen molar-refractivity contribution in [3.63, 3.8) is 0 Å². The molecule has 0 saturated carbocycles. The summed E-state index contributed by atoms with van der Waals surface area (Å²) in [6.45, 7) is 0. The van der Waals surface area contributed by atoms with E-state index in [1.54, 1.807) is 36.4 Å². The zero-order valence-electron chi connectivity index (χ0n) is 15.1. The first-order valence-electron chi connectivity index (χ1n) is 8.04. The van der Waals surface area contributed by atoms with Crippen LogP contribution in [0, 0.1) is 0 Å². The summed E-state index contributed by atoms with van der Waals surface area (Å²) in [6.07, 6.45) is 0. The minimum absolute atomic E-state index is 0. The summed E-state index contributed by atoms with van der Waals surface area (Å²) in [7, 11) is -8.69. The Morgan fingerprint density at radius 1 is 0.483 bits per heavy atom. The summed E-state index contributed by atoms with van der Waals surface area (Å²) in [5.74, 6) is 0. The molecule has 9 heteroatoms. The van der Waals surface area contributed by atoms with Gasteiger partial charge < -0.3 is 9.11 Å². The fourth-order valence-corrected chi connectivity index (χ4v) is 3.66. The largest absolute Gasteiger partial charge is 2.00 e. The Balaban J connectivity index is 0.000000200. The minimum Gasteiger partial charge on any atom is -0.744 e. The van der Waals surface area contributed by atoms with E-state index in [4.69, 9.17) is 0 Å². The van der Waals surface area contributed by atoms with E-state index in [9.17, 15) is 25.9 Å². The van der Waals surface area contributed by atoms with Crippen molar-refractivity contribution < 1.29 is 25.9 Å². The van der Waals surface area contributed by atoms with Crippen LogP contribution in [-0.4, -0.2) is 63.7 Å². The fourth-order valence-electron chi connectivity index (χ4n) is 2.65. The van der Waals surface area contributed by atoms with Gasteiger partial charge >= 0.3 is 37.7 Å². The van der Waals surface area contributed by atoms with Gasteiger partial charge in [0.2, 0.25) is 0 Å². The van der Waals surface area contributed by atoms with Crippen LogP contribution in [0.2, 0.25) is 0 Å². The minimum atomic E-state index is -4.34. The third kappa shape index (κ3) is 6.23. The van der Waals surface area contributed by atoms with Gasteiger partial charge in [0, 0.05) is 0 Å². The second kappa shape index (κ2) is 9.53. The van der Waals surface area contributed by atoms with Crippen molar-refractivity contribution in [3.8, 4) is 0 Å². The van der Waals surface area contributed by atoms with Crippen LogP contribution in [-0.2, 0) is 20.2 Å². The van der Waals surface area contributed by atoms with E-state index in [1.807, 2.05) is 24.3 Å². The zero-order valence-corrected chi connectivity index (χ0v) is 18.9. The quantitative estimate of drug-likeness (QED) is 0.340. The first kappa shape index (κ1) is 23.8. The molecule has 0 saturated heterocycles. The van der Waals surface area contributed by atoms with Gasteiger partial charge in [-0.2, -0.15) is 0 Å². The molecular formula is C20H14CaO6S2. The maximum atomic E-state index is 10.7. The van der Waals surface area contributed by atoms with Crippen LogP contribution in [0.4, 0.5) is 0 Å². The van der Waals surface area contributed by atoms with Crippen LogP contribution < -0.4 is 0 Å². The maximum absolute atomic E-state index is 10.7. The first-order valence-corrected chi connectivity index (χ1v) is 10.9. The Bertz CT molecular complexity index is 1260. The topological polar surface area (TPSA) is 114 Å². The molecule has 0 aliphatic rings. The Morgan fingerprint density at radius 3 is 1.10 bits per heavy atom. The number of hydrogen-bond donors (Lipinski definition) is 0. The molecule has 144 valence electrons. The Kier molecular flexibility index (Phi) is 7.80. The van der Waals surface area contributed by atoms with Gasteiger partial charge in [-0.25, -0.2) is 16.8 Å². The molecule has 0 atom stereocenters. The van der Waals surface area contributed by atoms with Crippen LogP contribution in [0.3, 0.4) is 0 Å². The van der Waals surface area contributed by atoms with Gasteiger partial charge in [0.25, 0.3) is 0 Å². The van der Waals surface area contributed by atoms with Crippen molar-refractivity contribution in [2.75, 3.05) is 0 Å². The third-order valence-corrected chi connectivity index (χ3v) is 5.68.